The molecule has 4 aromatic rings. The van der Waals surface area contributed by atoms with Gasteiger partial charge in [-0.2, -0.15) is 0 Å². The van der Waals surface area contributed by atoms with E-state index < -0.39 is 5.43 Å². The average Bonchev–Trinajstić information content (AvgIpc) is 2.72. The van der Waals surface area contributed by atoms with Crippen molar-refractivity contribution in [2.24, 2.45) is 0 Å². The third-order valence-electron chi connectivity index (χ3n) is 5.26. The molecule has 0 amide bonds. The number of unbranched alkanes of at least 4 members (excludes halogenated alkanes) is 1. The second-order valence-electron chi connectivity index (χ2n) is 7.47. The van der Waals surface area contributed by atoms with Crippen LogP contribution in [-0.2, 0) is 12.8 Å². The molecule has 0 unspecified atom stereocenters. The Hall–Kier alpha value is -3.93. The minimum absolute atomic E-state index is 0.0120. The van der Waals surface area contributed by atoms with Gasteiger partial charge in [0, 0.05) is 23.8 Å². The molecule has 1 aromatic heterocycles. The summed E-state index contributed by atoms with van der Waals surface area (Å²) in [4.78, 5) is 13.3. The van der Waals surface area contributed by atoms with Gasteiger partial charge in [0.1, 0.15) is 39.7 Å². The molecule has 4 rings (SSSR count). The molecule has 0 bridgehead atoms. The fourth-order valence-corrected chi connectivity index (χ4v) is 3.75. The molecule has 0 spiro atoms. The number of phenolic OH excluding ortho intramolecular Hbond substituents is 4. The fourth-order valence-electron chi connectivity index (χ4n) is 3.75. The number of hydrogen-bond acceptors (Lipinski definition) is 6. The summed E-state index contributed by atoms with van der Waals surface area (Å²) in [6.45, 7) is 0. The first-order chi connectivity index (χ1) is 14.9. The Morgan fingerprint density at radius 3 is 2.19 bits per heavy atom. The van der Waals surface area contributed by atoms with Gasteiger partial charge in [-0.15, -0.1) is 0 Å². The second-order valence-corrected chi connectivity index (χ2v) is 7.47. The van der Waals surface area contributed by atoms with Crippen molar-refractivity contribution < 1.29 is 24.8 Å². The molecule has 6 nitrogen and oxygen atoms in total. The van der Waals surface area contributed by atoms with Crippen molar-refractivity contribution in [1.82, 2.24) is 0 Å². The quantitative estimate of drug-likeness (QED) is 0.333. The fraction of sp³-hybridized carbons (Fsp3) is 0.160. The van der Waals surface area contributed by atoms with Gasteiger partial charge in [0.15, 0.2) is 5.43 Å². The summed E-state index contributed by atoms with van der Waals surface area (Å²) >= 11 is 0. The number of aryl methyl sites for hydroxylation is 1. The molecule has 0 aliphatic rings. The van der Waals surface area contributed by atoms with Crippen molar-refractivity contribution in [3.63, 3.8) is 0 Å². The van der Waals surface area contributed by atoms with Crippen LogP contribution < -0.4 is 5.43 Å². The summed E-state index contributed by atoms with van der Waals surface area (Å²) in [5.41, 5.74) is 1.37. The van der Waals surface area contributed by atoms with Gasteiger partial charge in [0.25, 0.3) is 0 Å². The lowest BCUT2D eigenvalue weighted by molar-refractivity contribution is 0.449. The summed E-state index contributed by atoms with van der Waals surface area (Å²) in [6, 6.07) is 16.4. The van der Waals surface area contributed by atoms with Gasteiger partial charge in [0.2, 0.25) is 0 Å². The van der Waals surface area contributed by atoms with Crippen LogP contribution in [-0.4, -0.2) is 20.4 Å². The largest absolute Gasteiger partial charge is 0.508 e. The van der Waals surface area contributed by atoms with E-state index in [2.05, 4.69) is 12.1 Å². The molecule has 3 aromatic carbocycles. The third kappa shape index (κ3) is 4.19. The van der Waals surface area contributed by atoms with E-state index in [-0.39, 0.29) is 45.3 Å². The predicted octanol–water partition coefficient (Wildman–Crippen LogP) is 4.85. The molecule has 0 saturated carbocycles. The summed E-state index contributed by atoms with van der Waals surface area (Å²) in [5.74, 6) is -0.818. The summed E-state index contributed by atoms with van der Waals surface area (Å²) in [6.07, 6.45) is 2.76. The van der Waals surface area contributed by atoms with Crippen LogP contribution in [0.3, 0.4) is 0 Å². The zero-order valence-electron chi connectivity index (χ0n) is 16.7. The number of benzene rings is 3. The monoisotopic (exact) mass is 418 g/mol. The van der Waals surface area contributed by atoms with E-state index in [1.165, 1.54) is 29.8 Å². The molecule has 0 saturated heterocycles. The van der Waals surface area contributed by atoms with Gasteiger partial charge in [0.05, 0.1) is 5.56 Å². The first-order valence-electron chi connectivity index (χ1n) is 10.0. The molecule has 158 valence electrons. The Labute approximate surface area is 178 Å². The Kier molecular flexibility index (Phi) is 5.54. The molecule has 0 aliphatic carbocycles. The first kappa shape index (κ1) is 20.3. The molecule has 4 N–H and O–H groups in total. The van der Waals surface area contributed by atoms with Crippen LogP contribution in [0.5, 0.6) is 23.0 Å². The second kappa shape index (κ2) is 8.44. The van der Waals surface area contributed by atoms with Gasteiger partial charge < -0.3 is 24.8 Å². The molecular weight excluding hydrogens is 396 g/mol. The number of hydrogen-bond donors (Lipinski definition) is 4. The van der Waals surface area contributed by atoms with E-state index in [0.717, 1.165) is 18.9 Å². The van der Waals surface area contributed by atoms with Gasteiger partial charge in [-0.25, -0.2) is 0 Å². The SMILES string of the molecule is O=c1c(CCCCc2ccccc2)c(-c2ccc(O)cc2O)oc2cc(O)cc(O)c12. The van der Waals surface area contributed by atoms with E-state index in [1.54, 1.807) is 0 Å². The Balaban J connectivity index is 1.75. The number of phenols is 4. The average molecular weight is 418 g/mol. The number of fused-ring (bicyclic) bond motifs is 1. The van der Waals surface area contributed by atoms with Crippen LogP contribution >= 0.6 is 0 Å². The summed E-state index contributed by atoms with van der Waals surface area (Å²) in [5, 5.41) is 40.0. The summed E-state index contributed by atoms with van der Waals surface area (Å²) in [7, 11) is 0. The lowest BCUT2D eigenvalue weighted by Gasteiger charge is -2.13. The highest BCUT2D eigenvalue weighted by Crippen LogP contribution is 2.37. The zero-order valence-corrected chi connectivity index (χ0v) is 16.7. The third-order valence-corrected chi connectivity index (χ3v) is 5.26. The van der Waals surface area contributed by atoms with Crippen LogP contribution in [0.4, 0.5) is 0 Å². The van der Waals surface area contributed by atoms with E-state index in [9.17, 15) is 25.2 Å². The van der Waals surface area contributed by atoms with Crippen molar-refractivity contribution in [3.05, 3.63) is 82.0 Å². The van der Waals surface area contributed by atoms with Crippen LogP contribution in [0, 0.1) is 0 Å². The van der Waals surface area contributed by atoms with Crippen molar-refractivity contribution in [1.29, 1.82) is 0 Å². The molecule has 6 heteroatoms. The van der Waals surface area contributed by atoms with Gasteiger partial charge in [-0.05, 0) is 43.4 Å². The minimum atomic E-state index is -0.416. The van der Waals surface area contributed by atoms with Crippen molar-refractivity contribution >= 4 is 11.0 Å². The van der Waals surface area contributed by atoms with Crippen LogP contribution in [0.15, 0.2) is 69.9 Å². The Morgan fingerprint density at radius 2 is 1.45 bits per heavy atom. The lowest BCUT2D eigenvalue weighted by atomic mass is 9.98. The Morgan fingerprint density at radius 1 is 0.742 bits per heavy atom. The zero-order chi connectivity index (χ0) is 22.0. The molecule has 31 heavy (non-hydrogen) atoms. The topological polar surface area (TPSA) is 111 Å². The summed E-state index contributed by atoms with van der Waals surface area (Å²) < 4.78 is 5.90. The number of aromatic hydroxyl groups is 4. The molecular formula is C25H22O6. The van der Waals surface area contributed by atoms with E-state index in [4.69, 9.17) is 4.42 Å². The predicted molar refractivity (Wildman–Crippen MR) is 118 cm³/mol. The lowest BCUT2D eigenvalue weighted by Crippen LogP contribution is -2.12. The number of rotatable bonds is 6. The Bertz CT molecular complexity index is 1290. The first-order valence-corrected chi connectivity index (χ1v) is 10.0. The van der Waals surface area contributed by atoms with Crippen LogP contribution in [0.25, 0.3) is 22.3 Å². The standard InChI is InChI=1S/C25H22O6/c26-16-10-11-18(20(28)12-16)25-19(9-5-4-8-15-6-2-1-3-7-15)24(30)23-21(29)13-17(27)14-22(23)31-25/h1-3,6-7,10-14,26-29H,4-5,8-9H2. The van der Waals surface area contributed by atoms with Gasteiger partial charge >= 0.3 is 0 Å². The van der Waals surface area contributed by atoms with Crippen molar-refractivity contribution in [2.75, 3.05) is 0 Å². The highest BCUT2D eigenvalue weighted by Gasteiger charge is 2.21. The van der Waals surface area contributed by atoms with Crippen LogP contribution in [0.2, 0.25) is 0 Å². The maximum atomic E-state index is 13.3. The molecule has 0 aliphatic heterocycles. The van der Waals surface area contributed by atoms with E-state index in [1.807, 2.05) is 18.2 Å². The molecule has 0 atom stereocenters. The van der Waals surface area contributed by atoms with Crippen LogP contribution in [0.1, 0.15) is 24.0 Å². The molecule has 1 heterocycles. The molecule has 0 fully saturated rings. The van der Waals surface area contributed by atoms with Crippen molar-refractivity contribution in [3.8, 4) is 34.3 Å². The smallest absolute Gasteiger partial charge is 0.200 e. The highest BCUT2D eigenvalue weighted by molar-refractivity contribution is 5.87. The minimum Gasteiger partial charge on any atom is -0.508 e. The van der Waals surface area contributed by atoms with E-state index >= 15 is 0 Å². The maximum Gasteiger partial charge on any atom is 0.200 e. The van der Waals surface area contributed by atoms with Crippen molar-refractivity contribution in [2.45, 2.75) is 25.7 Å². The normalized spacial score (nSPS) is 11.1. The molecule has 0 radical (unpaired) electrons. The van der Waals surface area contributed by atoms with Gasteiger partial charge in [-0.1, -0.05) is 30.3 Å². The maximum absolute atomic E-state index is 13.3. The van der Waals surface area contributed by atoms with Gasteiger partial charge in [-0.3, -0.25) is 4.79 Å². The van der Waals surface area contributed by atoms with E-state index in [0.29, 0.717) is 18.4 Å². The highest BCUT2D eigenvalue weighted by atomic mass is 16.3.